The van der Waals surface area contributed by atoms with Crippen LogP contribution in [-0.2, 0) is 10.8 Å². The first-order valence-corrected chi connectivity index (χ1v) is 22.0. The molecule has 0 aliphatic rings. The van der Waals surface area contributed by atoms with Crippen molar-refractivity contribution in [1.29, 1.82) is 0 Å². The van der Waals surface area contributed by atoms with Crippen molar-refractivity contribution < 1.29 is 10.6 Å². The molecule has 64 heavy (non-hydrogen) atoms. The van der Waals surface area contributed by atoms with Crippen molar-refractivity contribution >= 4 is 11.0 Å². The van der Waals surface area contributed by atoms with Gasteiger partial charge in [-0.25, -0.2) is 4.98 Å². The van der Waals surface area contributed by atoms with Gasteiger partial charge in [-0.05, 0) is 139 Å². The van der Waals surface area contributed by atoms with Crippen molar-refractivity contribution in [3.8, 4) is 78.6 Å². The highest BCUT2D eigenvalue weighted by Gasteiger charge is 2.25. The van der Waals surface area contributed by atoms with Crippen LogP contribution >= 0.6 is 0 Å². The van der Waals surface area contributed by atoms with E-state index < -0.39 is 12.7 Å². The smallest absolute Gasteiger partial charge is 0.149 e. The molecule has 0 amide bonds. The zero-order chi connectivity index (χ0) is 48.3. The standard InChI is InChI=1S/C60H57N3O/c1-38(2)40-25-27-41(28-26-40)43-31-32-61-52(37-43)46-34-45(35-47(36-46)59(4,5)6)49-21-16-23-54-57(49)62-58(50-19-13-14-24-55(50)64)63(54)53-30-29-44(33-39(53)3)56-48(42-17-11-10-12-18-42)20-15-22-51(56)60(7,8)9/h10-38,64H,1-9H3/i3D3,38D. The molecule has 0 radical (unpaired) electrons. The Labute approximate surface area is 384 Å². The van der Waals surface area contributed by atoms with E-state index in [1.165, 1.54) is 0 Å². The molecule has 9 aromatic rings. The molecular formula is C60H57N3O. The lowest BCUT2D eigenvalue weighted by atomic mass is 9.78. The molecule has 0 atom stereocenters. The van der Waals surface area contributed by atoms with E-state index in [9.17, 15) is 5.11 Å². The van der Waals surface area contributed by atoms with Gasteiger partial charge in [-0.2, -0.15) is 0 Å². The molecule has 0 fully saturated rings. The summed E-state index contributed by atoms with van der Waals surface area (Å²) < 4.78 is 37.7. The number of rotatable bonds is 8. The number of aromatic nitrogens is 3. The van der Waals surface area contributed by atoms with Gasteiger partial charge in [0.05, 0.1) is 28.0 Å². The summed E-state index contributed by atoms with van der Waals surface area (Å²) >= 11 is 0. The highest BCUT2D eigenvalue weighted by molar-refractivity contribution is 5.97. The molecule has 4 heteroatoms. The average Bonchev–Trinajstić information content (AvgIpc) is 3.70. The maximum atomic E-state index is 11.5. The number of pyridine rings is 1. The van der Waals surface area contributed by atoms with Gasteiger partial charge in [-0.1, -0.05) is 165 Å². The molecule has 0 saturated heterocycles. The minimum atomic E-state index is -2.53. The molecule has 7 aromatic carbocycles. The fraction of sp³-hybridized carbons (Fsp3) is 0.200. The second-order valence-electron chi connectivity index (χ2n) is 19.1. The van der Waals surface area contributed by atoms with Crippen molar-refractivity contribution in [2.45, 2.75) is 79.0 Å². The minimum Gasteiger partial charge on any atom is -0.507 e. The van der Waals surface area contributed by atoms with E-state index in [-0.39, 0.29) is 22.1 Å². The summed E-state index contributed by atoms with van der Waals surface area (Å²) in [5.41, 5.74) is 14.6. The lowest BCUT2D eigenvalue weighted by molar-refractivity contribution is 0.477. The van der Waals surface area contributed by atoms with E-state index in [0.29, 0.717) is 28.1 Å². The summed E-state index contributed by atoms with van der Waals surface area (Å²) in [6, 6.07) is 54.3. The summed E-state index contributed by atoms with van der Waals surface area (Å²) in [4.78, 5) is 10.3. The van der Waals surface area contributed by atoms with Gasteiger partial charge in [0.2, 0.25) is 0 Å². The Bertz CT molecular complexity index is 3330. The largest absolute Gasteiger partial charge is 0.507 e. The average molecular weight is 840 g/mol. The summed E-state index contributed by atoms with van der Waals surface area (Å²) in [6.45, 7) is 14.4. The second kappa shape index (κ2) is 16.6. The van der Waals surface area contributed by atoms with E-state index in [1.807, 2.05) is 103 Å². The van der Waals surface area contributed by atoms with Crippen LogP contribution in [0.5, 0.6) is 5.75 Å². The van der Waals surface area contributed by atoms with Gasteiger partial charge < -0.3 is 5.11 Å². The van der Waals surface area contributed by atoms with E-state index >= 15 is 0 Å². The predicted molar refractivity (Wildman–Crippen MR) is 269 cm³/mol. The number of para-hydroxylation sites is 2. The van der Waals surface area contributed by atoms with Crippen LogP contribution in [-0.4, -0.2) is 19.6 Å². The molecule has 9 rings (SSSR count). The molecule has 0 aliphatic heterocycles. The molecule has 0 unspecified atom stereocenters. The SMILES string of the molecule is [2H]C([2H])([2H])c1cc(-c2c(-c3ccccc3)cccc2C(C)(C)C)ccc1-n1c(-c2ccccc2O)nc2c(-c3cc(-c4cc(-c5ccc(C([2H])(C)C)cc5)ccn4)cc(C(C)(C)C)c3)cccc21. The van der Waals surface area contributed by atoms with Gasteiger partial charge in [-0.15, -0.1) is 0 Å². The van der Waals surface area contributed by atoms with Crippen LogP contribution in [0.1, 0.15) is 89.0 Å². The summed E-state index contributed by atoms with van der Waals surface area (Å²) in [6.07, 6.45) is 1.84. The third-order valence-corrected chi connectivity index (χ3v) is 12.3. The predicted octanol–water partition coefficient (Wildman–Crippen LogP) is 16.2. The molecule has 0 saturated carbocycles. The van der Waals surface area contributed by atoms with Crippen LogP contribution in [0.25, 0.3) is 83.9 Å². The Morgan fingerprint density at radius 2 is 1.27 bits per heavy atom. The van der Waals surface area contributed by atoms with Crippen molar-refractivity contribution in [3.63, 3.8) is 0 Å². The number of hydrogen-bond donors (Lipinski definition) is 1. The van der Waals surface area contributed by atoms with Gasteiger partial charge in [0, 0.05) is 22.8 Å². The van der Waals surface area contributed by atoms with Crippen LogP contribution in [0, 0.1) is 6.85 Å². The van der Waals surface area contributed by atoms with E-state index in [4.69, 9.17) is 15.5 Å². The molecular weight excluding hydrogens is 779 g/mol. The number of fused-ring (bicyclic) bond motifs is 1. The molecule has 4 nitrogen and oxygen atoms in total. The van der Waals surface area contributed by atoms with E-state index in [2.05, 4.69) is 114 Å². The van der Waals surface area contributed by atoms with Crippen molar-refractivity contribution in [3.05, 3.63) is 192 Å². The van der Waals surface area contributed by atoms with Crippen molar-refractivity contribution in [2.75, 3.05) is 0 Å². The second-order valence-corrected chi connectivity index (χ2v) is 19.1. The Morgan fingerprint density at radius 3 is 1.98 bits per heavy atom. The third kappa shape index (κ3) is 8.05. The summed E-state index contributed by atoms with van der Waals surface area (Å²) in [5.74, 6) is -0.239. The molecule has 0 aliphatic carbocycles. The normalized spacial score (nSPS) is 13.3. The lowest BCUT2D eigenvalue weighted by Gasteiger charge is -2.26. The highest BCUT2D eigenvalue weighted by Crippen LogP contribution is 2.44. The number of aromatic hydroxyl groups is 1. The summed E-state index contributed by atoms with van der Waals surface area (Å²) in [7, 11) is 0. The van der Waals surface area contributed by atoms with Crippen LogP contribution in [0.4, 0.5) is 0 Å². The molecule has 1 N–H and O–H groups in total. The van der Waals surface area contributed by atoms with Gasteiger partial charge in [-0.3, -0.25) is 9.55 Å². The number of benzene rings is 7. The fourth-order valence-corrected chi connectivity index (χ4v) is 8.78. The number of phenolic OH excluding ortho intramolecular Hbond substituents is 1. The number of nitrogens with zero attached hydrogens (tertiary/aromatic N) is 3. The fourth-order valence-electron chi connectivity index (χ4n) is 8.78. The van der Waals surface area contributed by atoms with Crippen LogP contribution < -0.4 is 0 Å². The van der Waals surface area contributed by atoms with E-state index in [1.54, 1.807) is 12.1 Å². The number of hydrogen-bond acceptors (Lipinski definition) is 3. The van der Waals surface area contributed by atoms with Crippen molar-refractivity contribution in [1.82, 2.24) is 14.5 Å². The monoisotopic (exact) mass is 839 g/mol. The number of phenols is 1. The zero-order valence-corrected chi connectivity index (χ0v) is 38.0. The maximum absolute atomic E-state index is 11.5. The number of aryl methyl sites for hydroxylation is 1. The van der Waals surface area contributed by atoms with E-state index in [0.717, 1.165) is 72.5 Å². The highest BCUT2D eigenvalue weighted by atomic mass is 16.3. The van der Waals surface area contributed by atoms with Crippen LogP contribution in [0.3, 0.4) is 0 Å². The minimum absolute atomic E-state index is 0.0327. The Morgan fingerprint density at radius 1 is 0.578 bits per heavy atom. The Balaban J connectivity index is 1.26. The van der Waals surface area contributed by atoms with Crippen LogP contribution in [0.2, 0.25) is 0 Å². The van der Waals surface area contributed by atoms with Crippen molar-refractivity contribution in [2.24, 2.45) is 0 Å². The zero-order valence-electron chi connectivity index (χ0n) is 42.0. The maximum Gasteiger partial charge on any atom is 0.149 e. The molecule has 0 spiro atoms. The van der Waals surface area contributed by atoms with Gasteiger partial charge in [0.1, 0.15) is 11.6 Å². The lowest BCUT2D eigenvalue weighted by Crippen LogP contribution is -2.13. The molecule has 318 valence electrons. The topological polar surface area (TPSA) is 50.9 Å². The quantitative estimate of drug-likeness (QED) is 0.166. The van der Waals surface area contributed by atoms with Gasteiger partial charge in [0.25, 0.3) is 0 Å². The Kier molecular flexibility index (Phi) is 9.72. The van der Waals surface area contributed by atoms with Gasteiger partial charge in [0.15, 0.2) is 0 Å². The first kappa shape index (κ1) is 37.5. The van der Waals surface area contributed by atoms with Gasteiger partial charge >= 0.3 is 0 Å². The molecule has 2 aromatic heterocycles. The first-order valence-electron chi connectivity index (χ1n) is 24.0. The third-order valence-electron chi connectivity index (χ3n) is 12.3. The summed E-state index contributed by atoms with van der Waals surface area (Å²) in [5, 5.41) is 11.5. The molecule has 0 bridgehead atoms. The first-order chi connectivity index (χ1) is 32.2. The number of imidazole rings is 1. The Hall–Kier alpha value is -7.04. The van der Waals surface area contributed by atoms with Crippen LogP contribution in [0.15, 0.2) is 170 Å². The molecule has 2 heterocycles.